The lowest BCUT2D eigenvalue weighted by molar-refractivity contribution is 0.0988. The van der Waals surface area contributed by atoms with E-state index < -0.39 is 9.84 Å². The number of ketones is 1. The Labute approximate surface area is 95.2 Å². The second-order valence-corrected chi connectivity index (χ2v) is 5.40. The summed E-state index contributed by atoms with van der Waals surface area (Å²) in [7, 11) is -1.99. The van der Waals surface area contributed by atoms with E-state index in [0.717, 1.165) is 6.26 Å². The zero-order chi connectivity index (χ0) is 12.3. The molecule has 5 heteroatoms. The fourth-order valence-electron chi connectivity index (χ4n) is 1.34. The second-order valence-electron chi connectivity index (χ2n) is 3.41. The van der Waals surface area contributed by atoms with Gasteiger partial charge < -0.3 is 4.74 Å². The van der Waals surface area contributed by atoms with Gasteiger partial charge in [-0.2, -0.15) is 0 Å². The predicted molar refractivity (Wildman–Crippen MR) is 60.7 cm³/mol. The average Bonchev–Trinajstić information content (AvgIpc) is 2.26. The molecule has 0 aromatic heterocycles. The summed E-state index contributed by atoms with van der Waals surface area (Å²) in [6, 6.07) is 4.43. The van der Waals surface area contributed by atoms with Crippen LogP contribution in [0.25, 0.3) is 0 Å². The molecule has 0 heterocycles. The highest BCUT2D eigenvalue weighted by molar-refractivity contribution is 7.90. The molecular weight excluding hydrogens is 228 g/mol. The third-order valence-corrected chi connectivity index (χ3v) is 3.32. The number of rotatable bonds is 4. The highest BCUT2D eigenvalue weighted by atomic mass is 32.2. The molecule has 4 nitrogen and oxygen atoms in total. The summed E-state index contributed by atoms with van der Waals surface area (Å²) < 4.78 is 27.9. The van der Waals surface area contributed by atoms with Crippen LogP contribution in [0.2, 0.25) is 0 Å². The first-order valence-corrected chi connectivity index (χ1v) is 6.70. The van der Waals surface area contributed by atoms with Gasteiger partial charge in [-0.05, 0) is 18.2 Å². The topological polar surface area (TPSA) is 60.4 Å². The minimum Gasteiger partial charge on any atom is -0.495 e. The van der Waals surface area contributed by atoms with Crippen molar-refractivity contribution in [1.82, 2.24) is 0 Å². The Balaban J connectivity index is 3.39. The van der Waals surface area contributed by atoms with Gasteiger partial charge in [0.2, 0.25) is 0 Å². The minimum absolute atomic E-state index is 0.0503. The summed E-state index contributed by atoms with van der Waals surface area (Å²) >= 11 is 0. The molecule has 0 saturated carbocycles. The van der Waals surface area contributed by atoms with Crippen LogP contribution in [0.1, 0.15) is 23.7 Å². The van der Waals surface area contributed by atoms with Gasteiger partial charge in [0, 0.05) is 18.2 Å². The zero-order valence-electron chi connectivity index (χ0n) is 9.48. The zero-order valence-corrected chi connectivity index (χ0v) is 10.3. The van der Waals surface area contributed by atoms with Gasteiger partial charge in [0.05, 0.1) is 7.11 Å². The predicted octanol–water partition coefficient (Wildman–Crippen LogP) is 1.69. The van der Waals surface area contributed by atoms with E-state index in [9.17, 15) is 13.2 Å². The molecule has 0 unspecified atom stereocenters. The standard InChI is InChI=1S/C11H14O4S/c1-4-9(12)8-5-6-10(15-2)11(7-8)16(3,13)14/h5-7H,4H2,1-3H3. The summed E-state index contributed by atoms with van der Waals surface area (Å²) in [5, 5.41) is 0. The highest BCUT2D eigenvalue weighted by Crippen LogP contribution is 2.25. The van der Waals surface area contributed by atoms with E-state index in [0.29, 0.717) is 12.0 Å². The van der Waals surface area contributed by atoms with Gasteiger partial charge in [0.15, 0.2) is 15.6 Å². The third kappa shape index (κ3) is 2.61. The fourth-order valence-corrected chi connectivity index (χ4v) is 2.20. The molecular formula is C11H14O4S. The van der Waals surface area contributed by atoms with Crippen molar-refractivity contribution in [3.8, 4) is 5.75 Å². The normalized spacial score (nSPS) is 11.2. The summed E-state index contributed by atoms with van der Waals surface area (Å²) in [5.41, 5.74) is 0.392. The van der Waals surface area contributed by atoms with E-state index in [1.165, 1.54) is 19.2 Å². The van der Waals surface area contributed by atoms with Gasteiger partial charge in [-0.25, -0.2) is 8.42 Å². The van der Waals surface area contributed by atoms with E-state index in [-0.39, 0.29) is 16.4 Å². The number of carbonyl (C=O) groups is 1. The Bertz CT molecular complexity index is 503. The maximum atomic E-state index is 11.5. The van der Waals surface area contributed by atoms with Crippen LogP contribution in [0.15, 0.2) is 23.1 Å². The fraction of sp³-hybridized carbons (Fsp3) is 0.364. The van der Waals surface area contributed by atoms with E-state index in [4.69, 9.17) is 4.74 Å². The van der Waals surface area contributed by atoms with Crippen molar-refractivity contribution in [3.63, 3.8) is 0 Å². The van der Waals surface area contributed by atoms with Crippen molar-refractivity contribution in [2.24, 2.45) is 0 Å². The van der Waals surface area contributed by atoms with Gasteiger partial charge in [0.25, 0.3) is 0 Å². The molecule has 1 rings (SSSR count). The number of hydrogen-bond acceptors (Lipinski definition) is 4. The molecule has 0 N–H and O–H groups in total. The van der Waals surface area contributed by atoms with Crippen LogP contribution in [0.5, 0.6) is 5.75 Å². The first-order valence-electron chi connectivity index (χ1n) is 4.81. The number of benzene rings is 1. The molecule has 1 aromatic carbocycles. The SMILES string of the molecule is CCC(=O)c1ccc(OC)c(S(C)(=O)=O)c1. The molecule has 1 aromatic rings. The summed E-state index contributed by atoms with van der Waals surface area (Å²) in [6.45, 7) is 1.73. The third-order valence-electron chi connectivity index (χ3n) is 2.21. The number of carbonyl (C=O) groups excluding carboxylic acids is 1. The molecule has 0 aliphatic carbocycles. The number of methoxy groups -OCH3 is 1. The maximum absolute atomic E-state index is 11.5. The molecule has 16 heavy (non-hydrogen) atoms. The summed E-state index contributed by atoms with van der Waals surface area (Å²) in [5.74, 6) is 0.169. The molecule has 0 spiro atoms. The molecule has 0 atom stereocenters. The van der Waals surface area contributed by atoms with Gasteiger partial charge in [0.1, 0.15) is 10.6 Å². The van der Waals surface area contributed by atoms with E-state index in [2.05, 4.69) is 0 Å². The van der Waals surface area contributed by atoms with Crippen LogP contribution in [0.3, 0.4) is 0 Å². The Morgan fingerprint density at radius 3 is 2.44 bits per heavy atom. The van der Waals surface area contributed by atoms with Crippen molar-refractivity contribution in [1.29, 1.82) is 0 Å². The van der Waals surface area contributed by atoms with Gasteiger partial charge in [-0.1, -0.05) is 6.92 Å². The van der Waals surface area contributed by atoms with Crippen LogP contribution in [0, 0.1) is 0 Å². The Morgan fingerprint density at radius 1 is 1.38 bits per heavy atom. The van der Waals surface area contributed by atoms with Gasteiger partial charge >= 0.3 is 0 Å². The first-order chi connectivity index (χ1) is 7.40. The Kier molecular flexibility index (Phi) is 3.70. The smallest absolute Gasteiger partial charge is 0.179 e. The first kappa shape index (κ1) is 12.7. The molecule has 0 bridgehead atoms. The van der Waals surface area contributed by atoms with Crippen LogP contribution in [0.4, 0.5) is 0 Å². The van der Waals surface area contributed by atoms with Gasteiger partial charge in [-0.15, -0.1) is 0 Å². The van der Waals surface area contributed by atoms with Crippen LogP contribution in [-0.4, -0.2) is 27.6 Å². The Morgan fingerprint density at radius 2 is 2.00 bits per heavy atom. The largest absolute Gasteiger partial charge is 0.495 e. The lowest BCUT2D eigenvalue weighted by Crippen LogP contribution is -2.04. The summed E-state index contributed by atoms with van der Waals surface area (Å²) in [6.07, 6.45) is 1.43. The number of ether oxygens (including phenoxy) is 1. The number of Topliss-reactive ketones (excluding diaryl/α,β-unsaturated/α-hetero) is 1. The molecule has 0 radical (unpaired) electrons. The highest BCUT2D eigenvalue weighted by Gasteiger charge is 2.16. The van der Waals surface area contributed by atoms with Crippen LogP contribution in [-0.2, 0) is 9.84 Å². The second kappa shape index (κ2) is 4.65. The number of sulfone groups is 1. The minimum atomic E-state index is -3.39. The lowest BCUT2D eigenvalue weighted by atomic mass is 10.1. The molecule has 0 amide bonds. The molecule has 0 aliphatic heterocycles. The molecule has 88 valence electrons. The molecule has 0 saturated heterocycles. The quantitative estimate of drug-likeness (QED) is 0.754. The van der Waals surface area contributed by atoms with Crippen molar-refractivity contribution in [2.75, 3.05) is 13.4 Å². The summed E-state index contributed by atoms with van der Waals surface area (Å²) in [4.78, 5) is 11.5. The lowest BCUT2D eigenvalue weighted by Gasteiger charge is -2.08. The molecule has 0 aliphatic rings. The van der Waals surface area contributed by atoms with Crippen molar-refractivity contribution < 1.29 is 17.9 Å². The van der Waals surface area contributed by atoms with Crippen LogP contribution < -0.4 is 4.74 Å². The van der Waals surface area contributed by atoms with Crippen LogP contribution >= 0.6 is 0 Å². The van der Waals surface area contributed by atoms with E-state index >= 15 is 0 Å². The average molecular weight is 242 g/mol. The van der Waals surface area contributed by atoms with Gasteiger partial charge in [-0.3, -0.25) is 4.79 Å². The van der Waals surface area contributed by atoms with Crippen molar-refractivity contribution in [3.05, 3.63) is 23.8 Å². The maximum Gasteiger partial charge on any atom is 0.179 e. The number of hydrogen-bond donors (Lipinski definition) is 0. The van der Waals surface area contributed by atoms with Crippen molar-refractivity contribution in [2.45, 2.75) is 18.2 Å². The molecule has 0 fully saturated rings. The monoisotopic (exact) mass is 242 g/mol. The van der Waals surface area contributed by atoms with Crippen molar-refractivity contribution >= 4 is 15.6 Å². The van der Waals surface area contributed by atoms with E-state index in [1.54, 1.807) is 13.0 Å². The Hall–Kier alpha value is -1.36. The van der Waals surface area contributed by atoms with E-state index in [1.807, 2.05) is 0 Å².